The Labute approximate surface area is 173 Å². The summed E-state index contributed by atoms with van der Waals surface area (Å²) in [4.78, 5) is 28.8. The molecule has 2 amide bonds. The Morgan fingerprint density at radius 3 is 2.55 bits per heavy atom. The van der Waals surface area contributed by atoms with E-state index in [0.29, 0.717) is 31.8 Å². The normalized spacial score (nSPS) is 21.9. The fourth-order valence-corrected chi connectivity index (χ4v) is 4.17. The molecule has 160 valence electrons. The summed E-state index contributed by atoms with van der Waals surface area (Å²) in [6.07, 6.45) is 6.82. The highest BCUT2D eigenvalue weighted by Gasteiger charge is 2.42. The van der Waals surface area contributed by atoms with E-state index in [2.05, 4.69) is 25.1 Å². The van der Waals surface area contributed by atoms with E-state index in [9.17, 15) is 9.59 Å². The van der Waals surface area contributed by atoms with Gasteiger partial charge < -0.3 is 14.5 Å². The molecule has 7 nitrogen and oxygen atoms in total. The molecular weight excluding hydrogens is 368 g/mol. The highest BCUT2D eigenvalue weighted by molar-refractivity contribution is 5.79. The maximum atomic E-state index is 12.9. The number of aryl methyl sites for hydroxylation is 1. The number of carbonyl (C=O) groups excluding carboxylic acids is 2. The lowest BCUT2D eigenvalue weighted by molar-refractivity contribution is -0.129. The van der Waals surface area contributed by atoms with Crippen LogP contribution in [0.15, 0.2) is 24.0 Å². The third-order valence-corrected chi connectivity index (χ3v) is 5.76. The van der Waals surface area contributed by atoms with Gasteiger partial charge in [-0.25, -0.2) is 4.79 Å². The molecule has 7 heteroatoms. The molecule has 2 aliphatic heterocycles. The Morgan fingerprint density at radius 1 is 1.28 bits per heavy atom. The van der Waals surface area contributed by atoms with Crippen molar-refractivity contribution in [2.75, 3.05) is 26.2 Å². The lowest BCUT2D eigenvalue weighted by Crippen LogP contribution is -2.39. The molecule has 0 aromatic carbocycles. The number of carbonyl (C=O) groups is 2. The molecule has 1 atom stereocenters. The molecule has 1 aromatic rings. The molecule has 0 spiro atoms. The highest BCUT2D eigenvalue weighted by Crippen LogP contribution is 2.42. The first-order valence-electron chi connectivity index (χ1n) is 10.4. The number of ether oxygens (including phenoxy) is 1. The van der Waals surface area contributed by atoms with Crippen LogP contribution in [0.2, 0.25) is 0 Å². The van der Waals surface area contributed by atoms with Crippen LogP contribution in [-0.2, 0) is 16.6 Å². The van der Waals surface area contributed by atoms with Crippen molar-refractivity contribution >= 4 is 12.0 Å². The number of amides is 2. The molecule has 1 aromatic heterocycles. The van der Waals surface area contributed by atoms with Gasteiger partial charge in [0.1, 0.15) is 5.60 Å². The Kier molecular flexibility index (Phi) is 5.79. The molecule has 3 rings (SSSR count). The van der Waals surface area contributed by atoms with Gasteiger partial charge in [-0.15, -0.1) is 0 Å². The molecule has 0 aliphatic carbocycles. The van der Waals surface area contributed by atoms with E-state index in [1.165, 1.54) is 5.56 Å². The fraction of sp³-hybridized carbons (Fsp3) is 0.682. The van der Waals surface area contributed by atoms with Crippen LogP contribution in [-0.4, -0.2) is 63.4 Å². The van der Waals surface area contributed by atoms with Crippen molar-refractivity contribution < 1.29 is 14.3 Å². The van der Waals surface area contributed by atoms with Gasteiger partial charge in [-0.1, -0.05) is 25.5 Å². The minimum Gasteiger partial charge on any atom is -0.444 e. The van der Waals surface area contributed by atoms with Crippen molar-refractivity contribution in [3.05, 3.63) is 29.6 Å². The molecule has 29 heavy (non-hydrogen) atoms. The molecule has 0 saturated carbocycles. The quantitative estimate of drug-likeness (QED) is 0.728. The predicted molar refractivity (Wildman–Crippen MR) is 111 cm³/mol. The first-order chi connectivity index (χ1) is 13.4. The number of rotatable bonds is 3. The predicted octanol–water partition coefficient (Wildman–Crippen LogP) is 3.33. The second-order valence-electron chi connectivity index (χ2n) is 9.98. The number of nitrogens with zero attached hydrogens (tertiary/aromatic N) is 4. The first kappa shape index (κ1) is 21.4. The average molecular weight is 403 g/mol. The molecule has 1 saturated heterocycles. The fourth-order valence-electron chi connectivity index (χ4n) is 4.17. The van der Waals surface area contributed by atoms with E-state index >= 15 is 0 Å². The smallest absolute Gasteiger partial charge is 0.410 e. The van der Waals surface area contributed by atoms with Crippen molar-refractivity contribution in [3.8, 4) is 0 Å². The van der Waals surface area contributed by atoms with Crippen LogP contribution in [0.25, 0.3) is 0 Å². The van der Waals surface area contributed by atoms with Gasteiger partial charge >= 0.3 is 6.09 Å². The summed E-state index contributed by atoms with van der Waals surface area (Å²) in [7, 11) is 1.92. The number of likely N-dealkylation sites (tertiary alicyclic amines) is 1. The SMILES string of the molecule is Cn1cc(C2CN(C(=O)CC3=CCN(C(=O)OC(C)(C)C)CC3)CC2(C)C)cn1. The molecule has 0 radical (unpaired) electrons. The van der Waals surface area contributed by atoms with Crippen LogP contribution in [0.1, 0.15) is 58.9 Å². The van der Waals surface area contributed by atoms with Crippen molar-refractivity contribution in [3.63, 3.8) is 0 Å². The molecule has 3 heterocycles. The van der Waals surface area contributed by atoms with E-state index in [0.717, 1.165) is 18.7 Å². The Morgan fingerprint density at radius 2 is 2.00 bits per heavy atom. The molecule has 2 aliphatic rings. The molecule has 0 bridgehead atoms. The van der Waals surface area contributed by atoms with Crippen LogP contribution < -0.4 is 0 Å². The van der Waals surface area contributed by atoms with Gasteiger partial charge in [0.25, 0.3) is 0 Å². The highest BCUT2D eigenvalue weighted by atomic mass is 16.6. The van der Waals surface area contributed by atoms with Gasteiger partial charge in [-0.3, -0.25) is 9.48 Å². The van der Waals surface area contributed by atoms with E-state index in [4.69, 9.17) is 4.74 Å². The van der Waals surface area contributed by atoms with Crippen LogP contribution in [0.3, 0.4) is 0 Å². The number of hydrogen-bond donors (Lipinski definition) is 0. The summed E-state index contributed by atoms with van der Waals surface area (Å²) in [6.45, 7) is 12.6. The van der Waals surface area contributed by atoms with Gasteiger partial charge in [0, 0.05) is 51.8 Å². The molecular formula is C22H34N4O3. The lowest BCUT2D eigenvalue weighted by Gasteiger charge is -2.30. The molecule has 1 unspecified atom stereocenters. The van der Waals surface area contributed by atoms with E-state index in [1.54, 1.807) is 4.90 Å². The van der Waals surface area contributed by atoms with Crippen LogP contribution in [0.5, 0.6) is 0 Å². The third kappa shape index (κ3) is 5.19. The van der Waals surface area contributed by atoms with Crippen molar-refractivity contribution in [1.82, 2.24) is 19.6 Å². The van der Waals surface area contributed by atoms with Gasteiger partial charge in [0.15, 0.2) is 0 Å². The van der Waals surface area contributed by atoms with Crippen LogP contribution >= 0.6 is 0 Å². The zero-order chi connectivity index (χ0) is 21.4. The van der Waals surface area contributed by atoms with Gasteiger partial charge in [0.05, 0.1) is 6.20 Å². The van der Waals surface area contributed by atoms with Gasteiger partial charge in [-0.2, -0.15) is 5.10 Å². The van der Waals surface area contributed by atoms with Crippen molar-refractivity contribution in [2.24, 2.45) is 12.5 Å². The second kappa shape index (κ2) is 7.84. The molecule has 1 fully saturated rings. The second-order valence-corrected chi connectivity index (χ2v) is 9.98. The maximum absolute atomic E-state index is 12.9. The minimum atomic E-state index is -0.496. The molecule has 0 N–H and O–H groups in total. The summed E-state index contributed by atoms with van der Waals surface area (Å²) in [5, 5.41) is 4.30. The summed E-state index contributed by atoms with van der Waals surface area (Å²) < 4.78 is 7.25. The van der Waals surface area contributed by atoms with E-state index < -0.39 is 5.60 Å². The topological polar surface area (TPSA) is 67.7 Å². The Hall–Kier alpha value is -2.31. The average Bonchev–Trinajstić information content (AvgIpc) is 3.16. The Balaban J connectivity index is 1.56. The van der Waals surface area contributed by atoms with Crippen molar-refractivity contribution in [1.29, 1.82) is 0 Å². The minimum absolute atomic E-state index is 0.0210. The monoisotopic (exact) mass is 402 g/mol. The van der Waals surface area contributed by atoms with Crippen molar-refractivity contribution in [2.45, 2.75) is 59.0 Å². The zero-order valence-electron chi connectivity index (χ0n) is 18.6. The lowest BCUT2D eigenvalue weighted by atomic mass is 9.79. The van der Waals surface area contributed by atoms with E-state index in [1.807, 2.05) is 49.7 Å². The maximum Gasteiger partial charge on any atom is 0.410 e. The Bertz CT molecular complexity index is 803. The van der Waals surface area contributed by atoms with Gasteiger partial charge in [0.2, 0.25) is 5.91 Å². The number of aromatic nitrogens is 2. The van der Waals surface area contributed by atoms with Crippen LogP contribution in [0.4, 0.5) is 4.79 Å². The number of hydrogen-bond acceptors (Lipinski definition) is 4. The third-order valence-electron chi connectivity index (χ3n) is 5.76. The zero-order valence-corrected chi connectivity index (χ0v) is 18.6. The standard InChI is InChI=1S/C22H34N4O3/c1-21(2,3)29-20(28)25-9-7-16(8-10-25)11-19(27)26-14-18(22(4,5)15-26)17-12-23-24(6)13-17/h7,12-13,18H,8-11,14-15H2,1-6H3. The summed E-state index contributed by atoms with van der Waals surface area (Å²) in [5.74, 6) is 0.463. The summed E-state index contributed by atoms with van der Waals surface area (Å²) in [5.41, 5.74) is 1.83. The summed E-state index contributed by atoms with van der Waals surface area (Å²) in [6, 6.07) is 0. The summed E-state index contributed by atoms with van der Waals surface area (Å²) >= 11 is 0. The van der Waals surface area contributed by atoms with E-state index in [-0.39, 0.29) is 17.4 Å². The van der Waals surface area contributed by atoms with Crippen LogP contribution in [0, 0.1) is 5.41 Å². The largest absolute Gasteiger partial charge is 0.444 e. The van der Waals surface area contributed by atoms with Gasteiger partial charge in [-0.05, 0) is 38.2 Å². The first-order valence-corrected chi connectivity index (χ1v) is 10.4.